The minimum Gasteiger partial charge on any atom is -0.298 e. The van der Waals surface area contributed by atoms with Crippen molar-refractivity contribution in [1.82, 2.24) is 9.97 Å². The number of nitrogens with zero attached hydrogens (tertiary/aromatic N) is 2. The van der Waals surface area contributed by atoms with Gasteiger partial charge in [-0.25, -0.2) is 9.97 Å². The number of ketones is 1. The number of thiazole rings is 1. The lowest BCUT2D eigenvalue weighted by molar-refractivity contribution is 0.100. The third kappa shape index (κ3) is 2.80. The average molecular weight is 326 g/mol. The molecule has 0 aliphatic heterocycles. The molecule has 0 unspecified atom stereocenters. The number of aromatic nitrogens is 2. The minimum atomic E-state index is -0.320. The van der Waals surface area contributed by atoms with E-state index in [1.807, 2.05) is 0 Å². The van der Waals surface area contributed by atoms with E-state index in [1.165, 1.54) is 18.3 Å². The van der Waals surface area contributed by atoms with Crippen LogP contribution in [0.5, 0.6) is 0 Å². The SMILES string of the molecule is CC(=O)c1csc(NC(=O)c2cccnc2Br)n1. The molecule has 0 aromatic carbocycles. The van der Waals surface area contributed by atoms with E-state index in [0.29, 0.717) is 21.0 Å². The van der Waals surface area contributed by atoms with Gasteiger partial charge in [0.15, 0.2) is 10.9 Å². The van der Waals surface area contributed by atoms with Gasteiger partial charge >= 0.3 is 0 Å². The van der Waals surface area contributed by atoms with Gasteiger partial charge in [-0.3, -0.25) is 14.9 Å². The van der Waals surface area contributed by atoms with Crippen LogP contribution in [0.25, 0.3) is 0 Å². The van der Waals surface area contributed by atoms with Crippen molar-refractivity contribution in [2.45, 2.75) is 6.92 Å². The van der Waals surface area contributed by atoms with Crippen molar-refractivity contribution in [3.05, 3.63) is 39.6 Å². The van der Waals surface area contributed by atoms with Crippen LogP contribution in [0.1, 0.15) is 27.8 Å². The predicted molar refractivity (Wildman–Crippen MR) is 72.0 cm³/mol. The maximum atomic E-state index is 11.9. The lowest BCUT2D eigenvalue weighted by Gasteiger charge is -2.02. The monoisotopic (exact) mass is 325 g/mol. The van der Waals surface area contributed by atoms with Crippen molar-refractivity contribution in [3.63, 3.8) is 0 Å². The molecule has 0 fully saturated rings. The summed E-state index contributed by atoms with van der Waals surface area (Å²) in [5, 5.41) is 4.62. The normalized spacial score (nSPS) is 10.1. The van der Waals surface area contributed by atoms with E-state index < -0.39 is 0 Å². The fourth-order valence-corrected chi connectivity index (χ4v) is 2.39. The van der Waals surface area contributed by atoms with E-state index in [0.717, 1.165) is 0 Å². The van der Waals surface area contributed by atoms with E-state index in [1.54, 1.807) is 23.7 Å². The molecule has 5 nitrogen and oxygen atoms in total. The average Bonchev–Trinajstić information content (AvgIpc) is 2.78. The lowest BCUT2D eigenvalue weighted by atomic mass is 10.3. The number of carbonyl (C=O) groups is 2. The van der Waals surface area contributed by atoms with Crippen molar-refractivity contribution in [2.75, 3.05) is 5.32 Å². The second kappa shape index (κ2) is 5.36. The molecule has 1 N–H and O–H groups in total. The number of rotatable bonds is 3. The molecular weight excluding hydrogens is 318 g/mol. The Kier molecular flexibility index (Phi) is 3.83. The van der Waals surface area contributed by atoms with Gasteiger partial charge in [0.1, 0.15) is 10.3 Å². The molecule has 0 aliphatic carbocycles. The number of amides is 1. The number of pyridine rings is 1. The van der Waals surface area contributed by atoms with Crippen molar-refractivity contribution >= 4 is 44.1 Å². The highest BCUT2D eigenvalue weighted by atomic mass is 79.9. The third-order valence-electron chi connectivity index (χ3n) is 2.09. The molecule has 7 heteroatoms. The number of halogens is 1. The summed E-state index contributed by atoms with van der Waals surface area (Å²) in [6.07, 6.45) is 1.58. The summed E-state index contributed by atoms with van der Waals surface area (Å²) in [4.78, 5) is 31.0. The zero-order valence-electron chi connectivity index (χ0n) is 9.31. The largest absolute Gasteiger partial charge is 0.298 e. The van der Waals surface area contributed by atoms with Crippen molar-refractivity contribution in [1.29, 1.82) is 0 Å². The van der Waals surface area contributed by atoms with Gasteiger partial charge in [-0.05, 0) is 28.1 Å². The summed E-state index contributed by atoms with van der Waals surface area (Å²) >= 11 is 4.40. The van der Waals surface area contributed by atoms with Gasteiger partial charge in [-0.1, -0.05) is 0 Å². The Morgan fingerprint density at radius 2 is 2.22 bits per heavy atom. The van der Waals surface area contributed by atoms with Gasteiger partial charge in [0, 0.05) is 18.5 Å². The van der Waals surface area contributed by atoms with Crippen LogP contribution in [-0.2, 0) is 0 Å². The quantitative estimate of drug-likeness (QED) is 0.695. The molecule has 2 aromatic rings. The number of anilines is 1. The third-order valence-corrected chi connectivity index (χ3v) is 3.48. The number of Topliss-reactive ketones (excluding diaryl/α,β-unsaturated/α-hetero) is 1. The minimum absolute atomic E-state index is 0.130. The Bertz CT molecular complexity index is 612. The zero-order chi connectivity index (χ0) is 13.1. The second-order valence-corrected chi connectivity index (χ2v) is 5.00. The van der Waals surface area contributed by atoms with E-state index >= 15 is 0 Å². The van der Waals surface area contributed by atoms with Gasteiger partial charge < -0.3 is 0 Å². The number of hydrogen-bond donors (Lipinski definition) is 1. The highest BCUT2D eigenvalue weighted by Gasteiger charge is 2.13. The molecule has 2 aromatic heterocycles. The molecule has 0 saturated heterocycles. The van der Waals surface area contributed by atoms with E-state index in [9.17, 15) is 9.59 Å². The summed E-state index contributed by atoms with van der Waals surface area (Å²) in [6, 6.07) is 3.31. The maximum absolute atomic E-state index is 11.9. The molecule has 0 atom stereocenters. The van der Waals surface area contributed by atoms with Crippen LogP contribution in [0.3, 0.4) is 0 Å². The fraction of sp³-hybridized carbons (Fsp3) is 0.0909. The van der Waals surface area contributed by atoms with Gasteiger partial charge in [-0.2, -0.15) is 0 Å². The lowest BCUT2D eigenvalue weighted by Crippen LogP contribution is -2.13. The smallest absolute Gasteiger partial charge is 0.260 e. The molecule has 0 radical (unpaired) electrons. The predicted octanol–water partition coefficient (Wildman–Crippen LogP) is 2.76. The summed E-state index contributed by atoms with van der Waals surface area (Å²) in [7, 11) is 0. The molecule has 2 rings (SSSR count). The number of carbonyl (C=O) groups excluding carboxylic acids is 2. The van der Waals surface area contributed by atoms with Crippen molar-refractivity contribution < 1.29 is 9.59 Å². The maximum Gasteiger partial charge on any atom is 0.260 e. The Hall–Kier alpha value is -1.60. The standard InChI is InChI=1S/C11H8BrN3O2S/c1-6(16)8-5-18-11(14-8)15-10(17)7-3-2-4-13-9(7)12/h2-5H,1H3,(H,14,15,17). The van der Waals surface area contributed by atoms with Crippen LogP contribution in [0, 0.1) is 0 Å². The Morgan fingerprint density at radius 3 is 2.83 bits per heavy atom. The van der Waals surface area contributed by atoms with Gasteiger partial charge in [0.25, 0.3) is 5.91 Å². The first-order chi connectivity index (χ1) is 8.58. The Morgan fingerprint density at radius 1 is 1.44 bits per heavy atom. The van der Waals surface area contributed by atoms with Gasteiger partial charge in [0.2, 0.25) is 0 Å². The molecule has 0 aliphatic rings. The van der Waals surface area contributed by atoms with E-state index in [4.69, 9.17) is 0 Å². The molecule has 1 amide bonds. The fourth-order valence-electron chi connectivity index (χ4n) is 1.21. The second-order valence-electron chi connectivity index (χ2n) is 3.39. The summed E-state index contributed by atoms with van der Waals surface area (Å²) in [5.41, 5.74) is 0.762. The molecule has 0 bridgehead atoms. The van der Waals surface area contributed by atoms with E-state index in [-0.39, 0.29) is 11.7 Å². The first-order valence-corrected chi connectivity index (χ1v) is 6.63. The molecule has 0 spiro atoms. The van der Waals surface area contributed by atoms with E-state index in [2.05, 4.69) is 31.2 Å². The van der Waals surface area contributed by atoms with Crippen LogP contribution in [0.4, 0.5) is 5.13 Å². The molecule has 92 valence electrons. The first kappa shape index (κ1) is 12.8. The molecule has 18 heavy (non-hydrogen) atoms. The van der Waals surface area contributed by atoms with Crippen molar-refractivity contribution in [3.8, 4) is 0 Å². The highest BCUT2D eigenvalue weighted by Crippen LogP contribution is 2.19. The number of hydrogen-bond acceptors (Lipinski definition) is 5. The molecular formula is C11H8BrN3O2S. The van der Waals surface area contributed by atoms with Crippen LogP contribution >= 0.6 is 27.3 Å². The van der Waals surface area contributed by atoms with Crippen LogP contribution in [-0.4, -0.2) is 21.7 Å². The van der Waals surface area contributed by atoms with Crippen LogP contribution in [0.2, 0.25) is 0 Å². The number of nitrogens with one attached hydrogen (secondary N) is 1. The first-order valence-electron chi connectivity index (χ1n) is 4.96. The van der Waals surface area contributed by atoms with Gasteiger partial charge in [0.05, 0.1) is 5.56 Å². The molecule has 0 saturated carbocycles. The summed E-state index contributed by atoms with van der Waals surface area (Å²) < 4.78 is 0.464. The Labute approximate surface area is 115 Å². The topological polar surface area (TPSA) is 72.0 Å². The van der Waals surface area contributed by atoms with Crippen molar-refractivity contribution in [2.24, 2.45) is 0 Å². The highest BCUT2D eigenvalue weighted by molar-refractivity contribution is 9.10. The summed E-state index contributed by atoms with van der Waals surface area (Å²) in [6.45, 7) is 1.43. The van der Waals surface area contributed by atoms with Gasteiger partial charge in [-0.15, -0.1) is 11.3 Å². The Balaban J connectivity index is 2.16. The summed E-state index contributed by atoms with van der Waals surface area (Å²) in [5.74, 6) is -0.450. The molecule has 2 heterocycles. The van der Waals surface area contributed by atoms with Crippen LogP contribution < -0.4 is 5.32 Å². The zero-order valence-corrected chi connectivity index (χ0v) is 11.7. The van der Waals surface area contributed by atoms with Crippen LogP contribution in [0.15, 0.2) is 28.3 Å².